The number of carbonyl (C=O) groups excluding carboxylic acids is 2. The first-order chi connectivity index (χ1) is 21.4. The fourth-order valence-electron chi connectivity index (χ4n) is 5.08. The molecule has 1 aliphatic rings. The Morgan fingerprint density at radius 3 is 2.60 bits per heavy atom. The number of anilines is 1. The average Bonchev–Trinajstić information content (AvgIpc) is 3.63. The third-order valence-corrected chi connectivity index (χ3v) is 9.91. The van der Waals surface area contributed by atoms with Crippen LogP contribution in [0.25, 0.3) is 10.2 Å². The van der Waals surface area contributed by atoms with Gasteiger partial charge in [0, 0.05) is 19.2 Å². The molecule has 14 heteroatoms. The SMILES string of the molecule is CC(C)CN(C[C@@H](O)[C@H](Cc1ccccc1)NC(=O)[C@@H]1CN(c2ccc(F)cc2F)C(=O)O1)S(=O)(=O)c1ccc2ncsc2c1. The van der Waals surface area contributed by atoms with Crippen LogP contribution < -0.4 is 10.2 Å². The predicted octanol–water partition coefficient (Wildman–Crippen LogP) is 4.34. The number of nitrogens with zero attached hydrogens (tertiary/aromatic N) is 3. The lowest BCUT2D eigenvalue weighted by Crippen LogP contribution is -2.53. The van der Waals surface area contributed by atoms with E-state index in [2.05, 4.69) is 10.3 Å². The molecule has 0 radical (unpaired) electrons. The van der Waals surface area contributed by atoms with Gasteiger partial charge in [-0.3, -0.25) is 9.69 Å². The summed E-state index contributed by atoms with van der Waals surface area (Å²) in [6, 6.07) is 15.3. The Morgan fingerprint density at radius 2 is 1.89 bits per heavy atom. The number of sulfonamides is 1. The van der Waals surface area contributed by atoms with Crippen LogP contribution in [0.5, 0.6) is 0 Å². The number of aliphatic hydroxyl groups excluding tert-OH is 1. The summed E-state index contributed by atoms with van der Waals surface area (Å²) >= 11 is 1.31. The molecule has 1 fully saturated rings. The van der Waals surface area contributed by atoms with E-state index in [1.165, 1.54) is 21.7 Å². The molecule has 238 valence electrons. The molecule has 0 bridgehead atoms. The summed E-state index contributed by atoms with van der Waals surface area (Å²) in [6.07, 6.45) is -3.60. The number of benzene rings is 3. The van der Waals surface area contributed by atoms with Crippen molar-refractivity contribution in [3.05, 3.63) is 89.4 Å². The second-order valence-corrected chi connectivity index (χ2v) is 14.0. The number of amides is 2. The molecule has 5 rings (SSSR count). The molecule has 2 amide bonds. The zero-order chi connectivity index (χ0) is 32.3. The summed E-state index contributed by atoms with van der Waals surface area (Å²) < 4.78 is 62.5. The Morgan fingerprint density at radius 1 is 1.13 bits per heavy atom. The van der Waals surface area contributed by atoms with Gasteiger partial charge in [-0.25, -0.2) is 27.0 Å². The van der Waals surface area contributed by atoms with Gasteiger partial charge in [0.15, 0.2) is 6.10 Å². The fourth-order valence-corrected chi connectivity index (χ4v) is 7.52. The first-order valence-electron chi connectivity index (χ1n) is 14.2. The van der Waals surface area contributed by atoms with Gasteiger partial charge in [-0.15, -0.1) is 11.3 Å². The van der Waals surface area contributed by atoms with Crippen molar-refractivity contribution in [2.24, 2.45) is 5.92 Å². The van der Waals surface area contributed by atoms with E-state index in [1.54, 1.807) is 41.9 Å². The van der Waals surface area contributed by atoms with Crippen LogP contribution in [0.15, 0.2) is 77.1 Å². The lowest BCUT2D eigenvalue weighted by Gasteiger charge is -2.31. The zero-order valence-corrected chi connectivity index (χ0v) is 26.1. The number of rotatable bonds is 12. The van der Waals surface area contributed by atoms with E-state index in [0.29, 0.717) is 16.3 Å². The van der Waals surface area contributed by atoms with Crippen LogP contribution in [0, 0.1) is 17.6 Å². The summed E-state index contributed by atoms with van der Waals surface area (Å²) in [5, 5.41) is 14.2. The van der Waals surface area contributed by atoms with Crippen molar-refractivity contribution in [2.45, 2.75) is 43.4 Å². The van der Waals surface area contributed by atoms with Crippen LogP contribution in [-0.4, -0.2) is 72.7 Å². The van der Waals surface area contributed by atoms with E-state index < -0.39 is 51.9 Å². The van der Waals surface area contributed by atoms with Crippen molar-refractivity contribution in [2.75, 3.05) is 24.5 Å². The van der Waals surface area contributed by atoms with Gasteiger partial charge in [-0.2, -0.15) is 4.31 Å². The number of thiazole rings is 1. The second-order valence-electron chi connectivity index (χ2n) is 11.1. The third-order valence-electron chi connectivity index (χ3n) is 7.30. The van der Waals surface area contributed by atoms with Gasteiger partial charge in [-0.1, -0.05) is 44.2 Å². The van der Waals surface area contributed by atoms with Gasteiger partial charge < -0.3 is 15.2 Å². The smallest absolute Gasteiger partial charge is 0.415 e. The Bertz CT molecular complexity index is 1790. The Kier molecular flexibility index (Phi) is 9.77. The largest absolute Gasteiger partial charge is 0.434 e. The first-order valence-corrected chi connectivity index (χ1v) is 16.5. The maximum atomic E-state index is 14.4. The van der Waals surface area contributed by atoms with E-state index in [9.17, 15) is 31.9 Å². The highest BCUT2D eigenvalue weighted by molar-refractivity contribution is 7.89. The van der Waals surface area contributed by atoms with Crippen molar-refractivity contribution in [1.82, 2.24) is 14.6 Å². The Balaban J connectivity index is 1.37. The number of fused-ring (bicyclic) bond motifs is 1. The van der Waals surface area contributed by atoms with Crippen molar-refractivity contribution >= 4 is 49.3 Å². The van der Waals surface area contributed by atoms with Crippen LogP contribution in [0.2, 0.25) is 0 Å². The number of nitrogens with one attached hydrogen (secondary N) is 1. The minimum atomic E-state index is -4.06. The molecule has 3 atom stereocenters. The Labute approximate surface area is 263 Å². The molecular formula is C31H32F2N4O6S2. The molecule has 0 aliphatic carbocycles. The number of aromatic nitrogens is 1. The molecule has 1 aliphatic heterocycles. The molecule has 1 saturated heterocycles. The normalized spacial score (nSPS) is 16.7. The van der Waals surface area contributed by atoms with Crippen LogP contribution in [0.3, 0.4) is 0 Å². The molecule has 45 heavy (non-hydrogen) atoms. The average molecular weight is 659 g/mol. The van der Waals surface area contributed by atoms with Crippen LogP contribution >= 0.6 is 11.3 Å². The number of aliphatic hydroxyl groups is 1. The van der Waals surface area contributed by atoms with Gasteiger partial charge in [-0.05, 0) is 48.2 Å². The second kappa shape index (κ2) is 13.6. The summed E-state index contributed by atoms with van der Waals surface area (Å²) in [5.74, 6) is -2.67. The van der Waals surface area contributed by atoms with Gasteiger partial charge in [0.2, 0.25) is 10.0 Å². The number of cyclic esters (lactones) is 1. The van der Waals surface area contributed by atoms with Crippen LogP contribution in [-0.2, 0) is 26.0 Å². The maximum absolute atomic E-state index is 14.4. The van der Waals surface area contributed by atoms with Gasteiger partial charge in [0.1, 0.15) is 11.6 Å². The number of ether oxygens (including phenoxy) is 1. The molecule has 1 aromatic heterocycles. The summed E-state index contributed by atoms with van der Waals surface area (Å²) in [6.45, 7) is 3.12. The van der Waals surface area contributed by atoms with E-state index >= 15 is 0 Å². The summed E-state index contributed by atoms with van der Waals surface area (Å²) in [4.78, 5) is 31.1. The molecule has 4 aromatic rings. The van der Waals surface area contributed by atoms with Crippen molar-refractivity contribution in [3.8, 4) is 0 Å². The minimum Gasteiger partial charge on any atom is -0.434 e. The lowest BCUT2D eigenvalue weighted by atomic mass is 10.0. The summed E-state index contributed by atoms with van der Waals surface area (Å²) in [7, 11) is -4.06. The lowest BCUT2D eigenvalue weighted by molar-refractivity contribution is -0.129. The van der Waals surface area contributed by atoms with Gasteiger partial charge in [0.05, 0.1) is 45.0 Å². The minimum absolute atomic E-state index is 0.0572. The van der Waals surface area contributed by atoms with Crippen molar-refractivity contribution < 1.29 is 36.6 Å². The maximum Gasteiger partial charge on any atom is 0.415 e. The molecule has 0 spiro atoms. The number of hydrogen-bond acceptors (Lipinski definition) is 8. The monoisotopic (exact) mass is 658 g/mol. The van der Waals surface area contributed by atoms with E-state index in [-0.39, 0.29) is 42.6 Å². The molecule has 3 aromatic carbocycles. The molecular weight excluding hydrogens is 626 g/mol. The molecule has 2 N–H and O–H groups in total. The highest BCUT2D eigenvalue weighted by atomic mass is 32.2. The van der Waals surface area contributed by atoms with Crippen molar-refractivity contribution in [3.63, 3.8) is 0 Å². The Hall–Kier alpha value is -3.98. The van der Waals surface area contributed by atoms with Crippen LogP contribution in [0.4, 0.5) is 19.3 Å². The topological polar surface area (TPSA) is 129 Å². The standard InChI is InChI=1S/C31H32F2N4O6S2/c1-19(2)15-36(45(41,42)22-9-10-24-29(14-22)44-18-34-24)16-27(38)25(12-20-6-4-3-5-7-20)35-30(39)28-17-37(31(40)43-28)26-11-8-21(32)13-23(26)33/h3-11,13-14,18-19,25,27-28,38H,12,15-17H2,1-2H3,(H,35,39)/t25-,27+,28-/m0/s1. The molecule has 10 nitrogen and oxygen atoms in total. The predicted molar refractivity (Wildman–Crippen MR) is 165 cm³/mol. The number of carbonyl (C=O) groups is 2. The zero-order valence-electron chi connectivity index (χ0n) is 24.5. The van der Waals surface area contributed by atoms with E-state index in [1.807, 2.05) is 19.9 Å². The quantitative estimate of drug-likeness (QED) is 0.232. The highest BCUT2D eigenvalue weighted by Gasteiger charge is 2.40. The first kappa shape index (κ1) is 32.4. The van der Waals surface area contributed by atoms with E-state index in [0.717, 1.165) is 22.6 Å². The van der Waals surface area contributed by atoms with Gasteiger partial charge >= 0.3 is 6.09 Å². The third kappa shape index (κ3) is 7.47. The fraction of sp³-hybridized carbons (Fsp3) is 0.323. The molecule has 0 saturated carbocycles. The van der Waals surface area contributed by atoms with E-state index in [4.69, 9.17) is 4.74 Å². The molecule has 0 unspecified atom stereocenters. The number of halogens is 2. The molecule has 2 heterocycles. The summed E-state index contributed by atoms with van der Waals surface area (Å²) in [5.41, 5.74) is 2.82. The van der Waals surface area contributed by atoms with Gasteiger partial charge in [0.25, 0.3) is 5.91 Å². The van der Waals surface area contributed by atoms with Crippen LogP contribution in [0.1, 0.15) is 19.4 Å². The van der Waals surface area contributed by atoms with Crippen molar-refractivity contribution in [1.29, 1.82) is 0 Å². The highest BCUT2D eigenvalue weighted by Crippen LogP contribution is 2.27. The number of hydrogen-bond donors (Lipinski definition) is 2.